The zero-order valence-corrected chi connectivity index (χ0v) is 16.0. The second-order valence-corrected chi connectivity index (χ2v) is 7.79. The summed E-state index contributed by atoms with van der Waals surface area (Å²) in [4.78, 5) is 23.0. The van der Waals surface area contributed by atoms with Crippen LogP contribution in [0.3, 0.4) is 0 Å². The lowest BCUT2D eigenvalue weighted by Gasteiger charge is -2.09. The molecule has 0 radical (unpaired) electrons. The topological polar surface area (TPSA) is 123 Å². The molecule has 0 spiro atoms. The van der Waals surface area contributed by atoms with Crippen LogP contribution in [0.15, 0.2) is 21.5 Å². The Hall–Kier alpha value is -2.88. The number of carbonyl (C=O) groups excluding carboxylic acids is 1. The maximum Gasteiger partial charge on any atom is 0.445 e. The normalized spacial score (nSPS) is 12.9. The summed E-state index contributed by atoms with van der Waals surface area (Å²) in [6.45, 7) is 1.42. The third kappa shape index (κ3) is 5.35. The number of anilines is 1. The molecule has 2 aromatic rings. The van der Waals surface area contributed by atoms with Gasteiger partial charge in [-0.1, -0.05) is 0 Å². The van der Waals surface area contributed by atoms with Gasteiger partial charge in [0.2, 0.25) is 11.8 Å². The van der Waals surface area contributed by atoms with Gasteiger partial charge in [-0.05, 0) is 18.4 Å². The lowest BCUT2D eigenvalue weighted by molar-refractivity contribution is -0.108. The summed E-state index contributed by atoms with van der Waals surface area (Å²) in [5.74, 6) is -5.82. The zero-order chi connectivity index (χ0) is 22.0. The molecule has 2 rings (SSSR count). The minimum atomic E-state index is -5.66. The van der Waals surface area contributed by atoms with E-state index in [0.29, 0.717) is 6.07 Å². The largest absolute Gasteiger partial charge is 0.467 e. The molecule has 2 aromatic heterocycles. The summed E-state index contributed by atoms with van der Waals surface area (Å²) in [5.41, 5.74) is -1.19. The van der Waals surface area contributed by atoms with Crippen molar-refractivity contribution in [3.05, 3.63) is 28.7 Å². The van der Waals surface area contributed by atoms with Gasteiger partial charge in [-0.3, -0.25) is 5.32 Å². The number of methoxy groups -OCH3 is 1. The minimum Gasteiger partial charge on any atom is -0.467 e. The highest BCUT2D eigenvalue weighted by Crippen LogP contribution is 2.38. The van der Waals surface area contributed by atoms with Gasteiger partial charge in [-0.2, -0.15) is 32.5 Å². The Morgan fingerprint density at radius 3 is 2.45 bits per heavy atom. The molecule has 9 nitrogen and oxygen atoms in total. The van der Waals surface area contributed by atoms with Crippen LogP contribution in [0.2, 0.25) is 0 Å². The Balaban J connectivity index is 2.28. The summed E-state index contributed by atoms with van der Waals surface area (Å²) in [5, 5.41) is 2.85. The SMILES string of the molecule is COc1nc(C)nc(NC(=O)NS(=O)(=O)c2sccc2C(F)=C(F)C(F)(F)F)n1. The van der Waals surface area contributed by atoms with Gasteiger partial charge >= 0.3 is 18.2 Å². The number of alkyl halides is 3. The van der Waals surface area contributed by atoms with Gasteiger partial charge < -0.3 is 4.74 Å². The lowest BCUT2D eigenvalue weighted by Crippen LogP contribution is -2.35. The van der Waals surface area contributed by atoms with E-state index in [1.807, 2.05) is 5.32 Å². The number of halogens is 5. The molecule has 0 saturated carbocycles. The molecule has 0 aliphatic heterocycles. The standard InChI is InChI=1S/C13H10F5N5O4S2/c1-5-19-10(22-12(20-5)27-2)21-11(24)23-29(25,26)9-6(3-4-28-9)7(14)8(15)13(16,17)18/h3-4H,1-2H3,(H2,19,20,21,22,23,24). The molecule has 0 bridgehead atoms. The van der Waals surface area contributed by atoms with Gasteiger partial charge in [0.15, 0.2) is 10.0 Å². The maximum absolute atomic E-state index is 13.8. The monoisotopic (exact) mass is 459 g/mol. The molecular weight excluding hydrogens is 449 g/mol. The minimum absolute atomic E-state index is 0.116. The molecule has 0 aliphatic rings. The van der Waals surface area contributed by atoms with Gasteiger partial charge in [0.1, 0.15) is 5.82 Å². The Kier molecular flexibility index (Phi) is 6.37. The summed E-state index contributed by atoms with van der Waals surface area (Å²) in [6.07, 6.45) is -5.66. The summed E-state index contributed by atoms with van der Waals surface area (Å²) in [6, 6.07) is -0.985. The van der Waals surface area contributed by atoms with E-state index in [1.165, 1.54) is 18.8 Å². The van der Waals surface area contributed by atoms with Crippen LogP contribution >= 0.6 is 11.3 Å². The highest BCUT2D eigenvalue weighted by Gasteiger charge is 2.40. The molecule has 158 valence electrons. The van der Waals surface area contributed by atoms with E-state index >= 15 is 0 Å². The Bertz CT molecular complexity index is 1070. The van der Waals surface area contributed by atoms with Crippen molar-refractivity contribution in [2.75, 3.05) is 12.4 Å². The van der Waals surface area contributed by atoms with E-state index in [-0.39, 0.29) is 23.2 Å². The second kappa shape index (κ2) is 8.24. The van der Waals surface area contributed by atoms with Crippen molar-refractivity contribution < 1.29 is 39.9 Å². The smallest absolute Gasteiger partial charge is 0.445 e. The fourth-order valence-electron chi connectivity index (χ4n) is 1.81. The molecule has 0 saturated heterocycles. The van der Waals surface area contributed by atoms with E-state index < -0.39 is 49.6 Å². The van der Waals surface area contributed by atoms with Gasteiger partial charge in [0.05, 0.1) is 7.11 Å². The Morgan fingerprint density at radius 2 is 1.86 bits per heavy atom. The van der Waals surface area contributed by atoms with Crippen LogP contribution in [-0.4, -0.2) is 42.7 Å². The maximum atomic E-state index is 13.8. The number of allylic oxidation sites excluding steroid dienone is 1. The molecule has 0 aromatic carbocycles. The quantitative estimate of drug-likeness (QED) is 0.659. The van der Waals surface area contributed by atoms with Crippen LogP contribution in [0.4, 0.5) is 32.7 Å². The Labute approximate surface area is 163 Å². The molecule has 0 atom stereocenters. The Morgan fingerprint density at radius 1 is 1.21 bits per heavy atom. The number of nitrogens with zero attached hydrogens (tertiary/aromatic N) is 3. The number of ether oxygens (including phenoxy) is 1. The number of nitrogens with one attached hydrogen (secondary N) is 2. The number of sulfonamides is 1. The predicted molar refractivity (Wildman–Crippen MR) is 90.0 cm³/mol. The number of aryl methyl sites for hydroxylation is 1. The van der Waals surface area contributed by atoms with Gasteiger partial charge in [-0.25, -0.2) is 22.3 Å². The number of carbonyl (C=O) groups is 1. The van der Waals surface area contributed by atoms with Crippen molar-refractivity contribution in [2.24, 2.45) is 0 Å². The highest BCUT2D eigenvalue weighted by atomic mass is 32.2. The van der Waals surface area contributed by atoms with Crippen LogP contribution in [0, 0.1) is 6.92 Å². The van der Waals surface area contributed by atoms with E-state index in [1.54, 1.807) is 0 Å². The second-order valence-electron chi connectivity index (χ2n) is 5.00. The molecule has 2 heterocycles. The van der Waals surface area contributed by atoms with E-state index in [4.69, 9.17) is 4.74 Å². The molecule has 2 amide bonds. The van der Waals surface area contributed by atoms with E-state index in [0.717, 1.165) is 5.38 Å². The van der Waals surface area contributed by atoms with Crippen LogP contribution in [0.25, 0.3) is 5.83 Å². The first-order chi connectivity index (χ1) is 13.3. The van der Waals surface area contributed by atoms with Crippen LogP contribution < -0.4 is 14.8 Å². The van der Waals surface area contributed by atoms with Crippen molar-refractivity contribution >= 4 is 39.2 Å². The molecule has 16 heteroatoms. The molecule has 0 unspecified atom stereocenters. The number of thiophene rings is 1. The first-order valence-electron chi connectivity index (χ1n) is 7.16. The lowest BCUT2D eigenvalue weighted by atomic mass is 10.2. The van der Waals surface area contributed by atoms with Crippen LogP contribution in [0.1, 0.15) is 11.4 Å². The van der Waals surface area contributed by atoms with Crippen molar-refractivity contribution in [1.82, 2.24) is 19.7 Å². The number of urea groups is 1. The number of hydrogen-bond acceptors (Lipinski definition) is 8. The third-order valence-corrected chi connectivity index (χ3v) is 5.73. The van der Waals surface area contributed by atoms with Crippen molar-refractivity contribution in [3.63, 3.8) is 0 Å². The summed E-state index contributed by atoms with van der Waals surface area (Å²) >= 11 is 0.270. The fraction of sp³-hybridized carbons (Fsp3) is 0.231. The summed E-state index contributed by atoms with van der Waals surface area (Å²) in [7, 11) is -3.65. The summed E-state index contributed by atoms with van der Waals surface area (Å²) < 4.78 is 93.6. The van der Waals surface area contributed by atoms with Crippen LogP contribution in [-0.2, 0) is 10.0 Å². The molecule has 2 N–H and O–H groups in total. The van der Waals surface area contributed by atoms with Crippen molar-refractivity contribution in [1.29, 1.82) is 0 Å². The van der Waals surface area contributed by atoms with Gasteiger partial charge in [0, 0.05) is 5.56 Å². The number of hydrogen-bond donors (Lipinski definition) is 2. The first kappa shape index (κ1) is 22.4. The number of rotatable bonds is 5. The number of amides is 2. The van der Waals surface area contributed by atoms with Gasteiger partial charge in [0.25, 0.3) is 10.0 Å². The molecular formula is C13H10F5N5O4S2. The first-order valence-corrected chi connectivity index (χ1v) is 9.52. The van der Waals surface area contributed by atoms with Gasteiger partial charge in [-0.15, -0.1) is 11.3 Å². The molecule has 29 heavy (non-hydrogen) atoms. The van der Waals surface area contributed by atoms with Crippen molar-refractivity contribution in [3.8, 4) is 6.01 Å². The molecule has 0 fully saturated rings. The average molecular weight is 459 g/mol. The van der Waals surface area contributed by atoms with Crippen LogP contribution in [0.5, 0.6) is 6.01 Å². The fourth-order valence-corrected chi connectivity index (χ4v) is 4.05. The van der Waals surface area contributed by atoms with E-state index in [2.05, 4.69) is 15.0 Å². The predicted octanol–water partition coefficient (Wildman–Crippen LogP) is 2.93. The molecule has 0 aliphatic carbocycles. The van der Waals surface area contributed by atoms with Crippen molar-refractivity contribution in [2.45, 2.75) is 17.3 Å². The number of aromatic nitrogens is 3. The zero-order valence-electron chi connectivity index (χ0n) is 14.3. The third-order valence-electron chi connectivity index (χ3n) is 2.91. The average Bonchev–Trinajstić information content (AvgIpc) is 3.09. The highest BCUT2D eigenvalue weighted by molar-refractivity contribution is 7.92. The van der Waals surface area contributed by atoms with E-state index in [9.17, 15) is 35.2 Å².